The number of nitrogens with zero attached hydrogens (tertiary/aromatic N) is 2. The van der Waals surface area contributed by atoms with Gasteiger partial charge in [-0.1, -0.05) is 133 Å². The van der Waals surface area contributed by atoms with Crippen molar-refractivity contribution in [3.8, 4) is 22.5 Å². The first-order valence-electron chi connectivity index (χ1n) is 18.0. The minimum atomic E-state index is 1.16. The Morgan fingerprint density at radius 1 is 0.250 bits per heavy atom. The molecular weight excluding hydrogens is 629 g/mol. The quantitative estimate of drug-likeness (QED) is 0.167. The molecule has 240 valence electrons. The smallest absolute Gasteiger partial charge is 0.0568 e. The molecule has 0 aliphatic rings. The zero-order valence-corrected chi connectivity index (χ0v) is 28.2. The molecule has 0 bridgehead atoms. The van der Waals surface area contributed by atoms with E-state index in [1.807, 2.05) is 0 Å². The van der Waals surface area contributed by atoms with Gasteiger partial charge in [-0.3, -0.25) is 0 Å². The van der Waals surface area contributed by atoms with Crippen LogP contribution in [0.5, 0.6) is 0 Å². The van der Waals surface area contributed by atoms with E-state index in [-0.39, 0.29) is 0 Å². The Kier molecular flexibility index (Phi) is 5.53. The predicted molar refractivity (Wildman–Crippen MR) is 222 cm³/mol. The van der Waals surface area contributed by atoms with Crippen molar-refractivity contribution in [3.05, 3.63) is 182 Å². The van der Waals surface area contributed by atoms with Gasteiger partial charge in [-0.05, 0) is 103 Å². The Bertz CT molecular complexity index is 3350. The molecule has 2 nitrogen and oxygen atoms in total. The second kappa shape index (κ2) is 10.3. The highest BCUT2D eigenvalue weighted by molar-refractivity contribution is 6.33. The van der Waals surface area contributed by atoms with Gasteiger partial charge >= 0.3 is 0 Å². The van der Waals surface area contributed by atoms with Gasteiger partial charge in [0.05, 0.1) is 22.1 Å². The lowest BCUT2D eigenvalue weighted by atomic mass is 9.92. The van der Waals surface area contributed by atoms with E-state index in [1.54, 1.807) is 0 Å². The first-order chi connectivity index (χ1) is 25.8. The number of aromatic nitrogens is 2. The standard InChI is InChI=1S/C50H30N2/c1-2-12-34(13-3-1)51-44-19-9-8-18-41(44)49-42-28-23-32-11-10-20-45-48(32)50(42)47(30-46(49)51)52(45)35-25-21-31(22-26-35)33-24-27-40-38-16-5-4-14-36(38)37-15-6-7-17-39(37)43(40)29-33/h1-30H. The predicted octanol–water partition coefficient (Wildman–Crippen LogP) is 13.6. The molecule has 0 saturated carbocycles. The molecule has 52 heavy (non-hydrogen) atoms. The number of para-hydroxylation sites is 2. The van der Waals surface area contributed by atoms with E-state index in [4.69, 9.17) is 0 Å². The fraction of sp³-hybridized carbons (Fsp3) is 0. The lowest BCUT2D eigenvalue weighted by Crippen LogP contribution is -1.96. The highest BCUT2D eigenvalue weighted by Gasteiger charge is 2.22. The zero-order chi connectivity index (χ0) is 33.9. The van der Waals surface area contributed by atoms with Crippen molar-refractivity contribution in [1.29, 1.82) is 0 Å². The van der Waals surface area contributed by atoms with Crippen LogP contribution in [0.1, 0.15) is 0 Å². The van der Waals surface area contributed by atoms with Crippen molar-refractivity contribution in [3.63, 3.8) is 0 Å². The van der Waals surface area contributed by atoms with Crippen LogP contribution in [-0.2, 0) is 0 Å². The van der Waals surface area contributed by atoms with Gasteiger partial charge in [0.2, 0.25) is 0 Å². The Labute approximate surface area is 299 Å². The Morgan fingerprint density at radius 2 is 0.788 bits per heavy atom. The summed E-state index contributed by atoms with van der Waals surface area (Å²) in [5.41, 5.74) is 9.67. The van der Waals surface area contributed by atoms with E-state index in [1.165, 1.54) is 104 Å². The van der Waals surface area contributed by atoms with Crippen LogP contribution in [0.2, 0.25) is 0 Å². The zero-order valence-electron chi connectivity index (χ0n) is 28.2. The second-order valence-corrected chi connectivity index (χ2v) is 14.1. The van der Waals surface area contributed by atoms with Crippen molar-refractivity contribution in [2.75, 3.05) is 0 Å². The molecule has 0 aliphatic carbocycles. The molecule has 0 radical (unpaired) electrons. The molecule has 0 atom stereocenters. The topological polar surface area (TPSA) is 9.86 Å². The lowest BCUT2D eigenvalue weighted by molar-refractivity contribution is 1.17. The summed E-state index contributed by atoms with van der Waals surface area (Å²) >= 11 is 0. The van der Waals surface area contributed by atoms with E-state index >= 15 is 0 Å². The van der Waals surface area contributed by atoms with Crippen LogP contribution in [0.15, 0.2) is 182 Å². The summed E-state index contributed by atoms with van der Waals surface area (Å²) in [5.74, 6) is 0. The van der Waals surface area contributed by atoms with Crippen LogP contribution >= 0.6 is 0 Å². The van der Waals surface area contributed by atoms with Gasteiger partial charge in [-0.2, -0.15) is 0 Å². The summed E-state index contributed by atoms with van der Waals surface area (Å²) in [5, 5.41) is 15.6. The SMILES string of the molecule is c1ccc(-n2c3ccccc3c3c4ccc5cccc6c5c4c(cc32)n6-c2ccc(-c3ccc4c5ccccc5c5ccccc5c4c3)cc2)cc1. The minimum absolute atomic E-state index is 1.16. The summed E-state index contributed by atoms with van der Waals surface area (Å²) in [4.78, 5) is 0. The fourth-order valence-electron chi connectivity index (χ4n) is 9.23. The first kappa shape index (κ1) is 27.9. The van der Waals surface area contributed by atoms with Crippen molar-refractivity contribution < 1.29 is 0 Å². The molecule has 0 fully saturated rings. The van der Waals surface area contributed by atoms with Crippen LogP contribution in [0.4, 0.5) is 0 Å². The summed E-state index contributed by atoms with van der Waals surface area (Å²) in [7, 11) is 0. The average Bonchev–Trinajstić information content (AvgIpc) is 3.73. The highest BCUT2D eigenvalue weighted by atomic mass is 15.0. The largest absolute Gasteiger partial charge is 0.309 e. The lowest BCUT2D eigenvalue weighted by Gasteiger charge is -2.13. The number of rotatable bonds is 3. The normalized spacial score (nSPS) is 12.2. The molecule has 0 amide bonds. The molecular formula is C50H30N2. The van der Waals surface area contributed by atoms with E-state index in [2.05, 4.69) is 191 Å². The molecule has 10 aromatic carbocycles. The number of hydrogen-bond acceptors (Lipinski definition) is 0. The first-order valence-corrected chi connectivity index (χ1v) is 18.0. The highest BCUT2D eigenvalue weighted by Crippen LogP contribution is 2.46. The van der Waals surface area contributed by atoms with Crippen LogP contribution in [0.25, 0.3) is 109 Å². The third-order valence-electron chi connectivity index (χ3n) is 11.4. The van der Waals surface area contributed by atoms with E-state index < -0.39 is 0 Å². The molecule has 12 rings (SSSR count). The van der Waals surface area contributed by atoms with E-state index in [9.17, 15) is 0 Å². The summed E-state index contributed by atoms with van der Waals surface area (Å²) < 4.78 is 4.91. The molecule has 0 unspecified atom stereocenters. The molecule has 0 saturated heterocycles. The van der Waals surface area contributed by atoms with E-state index in [0.717, 1.165) is 5.69 Å². The molecule has 2 aromatic heterocycles. The van der Waals surface area contributed by atoms with Gasteiger partial charge in [-0.15, -0.1) is 0 Å². The average molecular weight is 659 g/mol. The molecule has 0 spiro atoms. The van der Waals surface area contributed by atoms with Gasteiger partial charge in [0.1, 0.15) is 0 Å². The molecule has 0 N–H and O–H groups in total. The minimum Gasteiger partial charge on any atom is -0.309 e. The van der Waals surface area contributed by atoms with Gasteiger partial charge in [-0.25, -0.2) is 0 Å². The number of hydrogen-bond donors (Lipinski definition) is 0. The number of benzene rings is 10. The molecule has 2 heterocycles. The molecule has 0 aliphatic heterocycles. The number of fused-ring (bicyclic) bond motifs is 10. The maximum absolute atomic E-state index is 2.47. The van der Waals surface area contributed by atoms with Gasteiger partial charge in [0, 0.05) is 32.9 Å². The van der Waals surface area contributed by atoms with Crippen LogP contribution in [0, 0.1) is 0 Å². The van der Waals surface area contributed by atoms with E-state index in [0.29, 0.717) is 0 Å². The fourth-order valence-corrected chi connectivity index (χ4v) is 9.23. The maximum atomic E-state index is 2.47. The van der Waals surface area contributed by atoms with Gasteiger partial charge in [0.25, 0.3) is 0 Å². The summed E-state index contributed by atoms with van der Waals surface area (Å²) in [6.07, 6.45) is 0. The Morgan fingerprint density at radius 3 is 1.54 bits per heavy atom. The van der Waals surface area contributed by atoms with Gasteiger partial charge in [0.15, 0.2) is 0 Å². The van der Waals surface area contributed by atoms with Gasteiger partial charge < -0.3 is 9.13 Å². The third-order valence-corrected chi connectivity index (χ3v) is 11.4. The molecule has 12 aromatic rings. The monoisotopic (exact) mass is 658 g/mol. The second-order valence-electron chi connectivity index (χ2n) is 14.1. The Balaban J connectivity index is 1.10. The van der Waals surface area contributed by atoms with Crippen molar-refractivity contribution in [2.45, 2.75) is 0 Å². The maximum Gasteiger partial charge on any atom is 0.0568 e. The summed E-state index contributed by atoms with van der Waals surface area (Å²) in [6.45, 7) is 0. The van der Waals surface area contributed by atoms with Crippen LogP contribution < -0.4 is 0 Å². The van der Waals surface area contributed by atoms with Crippen molar-refractivity contribution in [2.24, 2.45) is 0 Å². The van der Waals surface area contributed by atoms with Crippen molar-refractivity contribution in [1.82, 2.24) is 9.13 Å². The Hall–Kier alpha value is -6.90. The third kappa shape index (κ3) is 3.68. The van der Waals surface area contributed by atoms with Crippen molar-refractivity contribution >= 4 is 86.7 Å². The summed E-state index contributed by atoms with van der Waals surface area (Å²) in [6, 6.07) is 67.1. The van der Waals surface area contributed by atoms with Crippen LogP contribution in [0.3, 0.4) is 0 Å². The molecule has 2 heteroatoms. The van der Waals surface area contributed by atoms with Crippen LogP contribution in [-0.4, -0.2) is 9.13 Å².